The maximum Gasteiger partial charge on any atom is 0.308 e. The van der Waals surface area contributed by atoms with Gasteiger partial charge in [-0.1, -0.05) is 18.9 Å². The lowest BCUT2D eigenvalue weighted by Crippen LogP contribution is -2.33. The van der Waals surface area contributed by atoms with Gasteiger partial charge in [-0.3, -0.25) is 24.1 Å². The van der Waals surface area contributed by atoms with E-state index >= 15 is 0 Å². The maximum absolute atomic E-state index is 12.4. The maximum atomic E-state index is 12.4. The number of esters is 1. The van der Waals surface area contributed by atoms with Crippen LogP contribution in [-0.2, 0) is 23.9 Å². The summed E-state index contributed by atoms with van der Waals surface area (Å²) in [5.74, 6) is -1.82. The van der Waals surface area contributed by atoms with Gasteiger partial charge in [0.2, 0.25) is 11.8 Å². The Hall–Kier alpha value is -2.70. The van der Waals surface area contributed by atoms with Crippen LogP contribution in [0.15, 0.2) is 18.2 Å². The molecule has 0 bridgehead atoms. The van der Waals surface area contributed by atoms with E-state index in [1.807, 2.05) is 32.0 Å². The number of fused-ring (bicyclic) bond motifs is 1. The second-order valence-electron chi connectivity index (χ2n) is 7.66. The molecule has 28 heavy (non-hydrogen) atoms. The lowest BCUT2D eigenvalue weighted by atomic mass is 9.81. The van der Waals surface area contributed by atoms with Gasteiger partial charge >= 0.3 is 5.97 Å². The molecule has 1 aromatic carbocycles. The van der Waals surface area contributed by atoms with Gasteiger partial charge in [0.1, 0.15) is 0 Å². The molecule has 150 valence electrons. The molecule has 0 aromatic heterocycles. The number of nitrogens with one attached hydrogen (secondary N) is 1. The number of aryl methyl sites for hydroxylation is 2. The van der Waals surface area contributed by atoms with Crippen LogP contribution in [0.1, 0.15) is 43.2 Å². The molecule has 1 N–H and O–H groups in total. The number of amides is 3. The Labute approximate surface area is 164 Å². The Morgan fingerprint density at radius 2 is 1.61 bits per heavy atom. The summed E-state index contributed by atoms with van der Waals surface area (Å²) >= 11 is 0. The van der Waals surface area contributed by atoms with E-state index in [2.05, 4.69) is 5.32 Å². The van der Waals surface area contributed by atoms with Crippen molar-refractivity contribution in [3.63, 3.8) is 0 Å². The van der Waals surface area contributed by atoms with Crippen molar-refractivity contribution in [2.75, 3.05) is 18.5 Å². The summed E-state index contributed by atoms with van der Waals surface area (Å²) in [6.45, 7) is 3.47. The molecule has 2 fully saturated rings. The molecule has 0 radical (unpaired) electrons. The minimum absolute atomic E-state index is 0.0161. The minimum atomic E-state index is -0.606. The van der Waals surface area contributed by atoms with Crippen molar-refractivity contribution in [2.45, 2.75) is 46.0 Å². The van der Waals surface area contributed by atoms with E-state index in [9.17, 15) is 19.2 Å². The largest absolute Gasteiger partial charge is 0.456 e. The van der Waals surface area contributed by atoms with Gasteiger partial charge in [-0.15, -0.1) is 0 Å². The number of hydrogen-bond acceptors (Lipinski definition) is 5. The first-order valence-corrected chi connectivity index (χ1v) is 9.74. The molecule has 0 unspecified atom stereocenters. The molecule has 7 heteroatoms. The Kier molecular flexibility index (Phi) is 6.11. The first kappa shape index (κ1) is 20.0. The topological polar surface area (TPSA) is 92.8 Å². The van der Waals surface area contributed by atoms with Crippen LogP contribution in [-0.4, -0.2) is 41.7 Å². The van der Waals surface area contributed by atoms with Crippen molar-refractivity contribution in [1.29, 1.82) is 0 Å². The highest BCUT2D eigenvalue weighted by Gasteiger charge is 2.47. The normalized spacial score (nSPS) is 21.4. The summed E-state index contributed by atoms with van der Waals surface area (Å²) in [7, 11) is 0. The Morgan fingerprint density at radius 1 is 1.04 bits per heavy atom. The van der Waals surface area contributed by atoms with Crippen molar-refractivity contribution in [3.05, 3.63) is 29.3 Å². The first-order valence-electron chi connectivity index (χ1n) is 9.74. The van der Waals surface area contributed by atoms with Crippen molar-refractivity contribution in [1.82, 2.24) is 4.90 Å². The zero-order chi connectivity index (χ0) is 20.3. The zero-order valence-corrected chi connectivity index (χ0v) is 16.3. The van der Waals surface area contributed by atoms with E-state index in [1.54, 1.807) is 0 Å². The molecule has 2 aliphatic rings. The van der Waals surface area contributed by atoms with Gasteiger partial charge in [0, 0.05) is 12.2 Å². The highest BCUT2D eigenvalue weighted by molar-refractivity contribution is 6.05. The monoisotopic (exact) mass is 386 g/mol. The number of imide groups is 1. The first-order chi connectivity index (χ1) is 13.3. The number of likely N-dealkylation sites (tertiary alicyclic amines) is 1. The Bertz CT molecular complexity index is 760. The van der Waals surface area contributed by atoms with Gasteiger partial charge in [0.05, 0.1) is 18.3 Å². The summed E-state index contributed by atoms with van der Waals surface area (Å²) in [6, 6.07) is 5.65. The van der Waals surface area contributed by atoms with Gasteiger partial charge in [0.15, 0.2) is 6.61 Å². The number of hydrogen-bond donors (Lipinski definition) is 1. The van der Waals surface area contributed by atoms with Gasteiger partial charge < -0.3 is 10.1 Å². The second-order valence-corrected chi connectivity index (χ2v) is 7.66. The van der Waals surface area contributed by atoms with Crippen LogP contribution in [0.2, 0.25) is 0 Å². The van der Waals surface area contributed by atoms with E-state index in [0.29, 0.717) is 5.69 Å². The smallest absolute Gasteiger partial charge is 0.308 e. The Balaban J connectivity index is 1.43. The molecule has 0 spiro atoms. The molecule has 7 nitrogen and oxygen atoms in total. The number of ether oxygens (including phenoxy) is 1. The van der Waals surface area contributed by atoms with Crippen LogP contribution >= 0.6 is 0 Å². The minimum Gasteiger partial charge on any atom is -0.456 e. The molecule has 1 saturated carbocycles. The van der Waals surface area contributed by atoms with Crippen molar-refractivity contribution < 1.29 is 23.9 Å². The SMILES string of the molecule is Cc1cc(C)cc(NC(=O)COC(=O)CCN2C(=O)[C@H]3CCCC[C@H]3C2=O)c1. The van der Waals surface area contributed by atoms with Crippen LogP contribution in [0.25, 0.3) is 0 Å². The molecule has 1 aliphatic carbocycles. The fraction of sp³-hybridized carbons (Fsp3) is 0.524. The molecular formula is C21H26N2O5. The average Bonchev–Trinajstić information content (AvgIpc) is 2.88. The highest BCUT2D eigenvalue weighted by Crippen LogP contribution is 2.37. The van der Waals surface area contributed by atoms with E-state index in [4.69, 9.17) is 4.74 Å². The predicted molar refractivity (Wildman–Crippen MR) is 102 cm³/mol. The lowest BCUT2D eigenvalue weighted by Gasteiger charge is -2.19. The number of carbonyl (C=O) groups is 4. The molecule has 1 saturated heterocycles. The van der Waals surface area contributed by atoms with E-state index < -0.39 is 18.5 Å². The van der Waals surface area contributed by atoms with E-state index in [0.717, 1.165) is 36.8 Å². The van der Waals surface area contributed by atoms with Gasteiger partial charge in [-0.2, -0.15) is 0 Å². The summed E-state index contributed by atoms with van der Waals surface area (Å²) in [5.41, 5.74) is 2.69. The van der Waals surface area contributed by atoms with Crippen LogP contribution in [0, 0.1) is 25.7 Å². The van der Waals surface area contributed by atoms with Crippen LogP contribution in [0.5, 0.6) is 0 Å². The lowest BCUT2D eigenvalue weighted by molar-refractivity contribution is -0.148. The summed E-state index contributed by atoms with van der Waals surface area (Å²) < 4.78 is 4.99. The standard InChI is InChI=1S/C21H26N2O5/c1-13-9-14(2)11-15(10-13)22-18(24)12-28-19(25)7-8-23-20(26)16-5-3-4-6-17(16)21(23)27/h9-11,16-17H,3-8,12H2,1-2H3,(H,22,24)/t16-,17+. The van der Waals surface area contributed by atoms with E-state index in [-0.39, 0.29) is 36.6 Å². The second kappa shape index (κ2) is 8.54. The van der Waals surface area contributed by atoms with Crippen molar-refractivity contribution in [2.24, 2.45) is 11.8 Å². The number of rotatable bonds is 6. The number of benzene rings is 1. The fourth-order valence-corrected chi connectivity index (χ4v) is 4.12. The predicted octanol–water partition coefficient (Wildman–Crippen LogP) is 2.35. The number of nitrogens with zero attached hydrogens (tertiary/aromatic N) is 1. The molecule has 2 atom stereocenters. The van der Waals surface area contributed by atoms with Gasteiger partial charge in [-0.05, 0) is 49.9 Å². The third-order valence-electron chi connectivity index (χ3n) is 5.34. The van der Waals surface area contributed by atoms with E-state index in [1.165, 1.54) is 4.90 Å². The number of carbonyl (C=O) groups excluding carboxylic acids is 4. The van der Waals surface area contributed by atoms with Crippen molar-refractivity contribution >= 4 is 29.4 Å². The van der Waals surface area contributed by atoms with Gasteiger partial charge in [0.25, 0.3) is 5.91 Å². The van der Waals surface area contributed by atoms with Crippen molar-refractivity contribution in [3.8, 4) is 0 Å². The fourth-order valence-electron chi connectivity index (χ4n) is 4.12. The summed E-state index contributed by atoms with van der Waals surface area (Å²) in [5, 5.41) is 2.69. The summed E-state index contributed by atoms with van der Waals surface area (Å²) in [4.78, 5) is 49.9. The summed E-state index contributed by atoms with van der Waals surface area (Å²) in [6.07, 6.45) is 3.31. The Morgan fingerprint density at radius 3 is 2.18 bits per heavy atom. The molecule has 1 aromatic rings. The average molecular weight is 386 g/mol. The van der Waals surface area contributed by atoms with Gasteiger partial charge in [-0.25, -0.2) is 0 Å². The molecule has 3 rings (SSSR count). The molecular weight excluding hydrogens is 360 g/mol. The third kappa shape index (κ3) is 4.58. The molecule has 1 aliphatic heterocycles. The zero-order valence-electron chi connectivity index (χ0n) is 16.3. The molecule has 1 heterocycles. The van der Waals surface area contributed by atoms with Crippen LogP contribution < -0.4 is 5.32 Å². The van der Waals surface area contributed by atoms with Crippen LogP contribution in [0.4, 0.5) is 5.69 Å². The molecule has 3 amide bonds. The van der Waals surface area contributed by atoms with Crippen LogP contribution in [0.3, 0.4) is 0 Å². The highest BCUT2D eigenvalue weighted by atomic mass is 16.5. The third-order valence-corrected chi connectivity index (χ3v) is 5.34. The number of anilines is 1. The quantitative estimate of drug-likeness (QED) is 0.598.